The number of carbonyl (C=O) groups is 1. The van der Waals surface area contributed by atoms with Crippen LogP contribution in [0.3, 0.4) is 0 Å². The van der Waals surface area contributed by atoms with E-state index in [4.69, 9.17) is 21.7 Å². The van der Waals surface area contributed by atoms with E-state index in [-0.39, 0.29) is 34.7 Å². The molecule has 34 heavy (non-hydrogen) atoms. The first-order valence-corrected chi connectivity index (χ1v) is 9.79. The summed E-state index contributed by atoms with van der Waals surface area (Å²) in [5.74, 6) is -0.213. The number of pyridine rings is 1. The molecule has 0 aliphatic carbocycles. The van der Waals surface area contributed by atoms with E-state index in [9.17, 15) is 26.7 Å². The summed E-state index contributed by atoms with van der Waals surface area (Å²) in [6.07, 6.45) is -6.60. The lowest BCUT2D eigenvalue weighted by Gasteiger charge is -2.14. The van der Waals surface area contributed by atoms with Gasteiger partial charge in [0.1, 0.15) is 10.9 Å². The molecule has 0 saturated carbocycles. The van der Waals surface area contributed by atoms with Crippen LogP contribution in [-0.4, -0.2) is 53.2 Å². The van der Waals surface area contributed by atoms with Crippen LogP contribution in [0.2, 0.25) is 5.15 Å². The third kappa shape index (κ3) is 7.79. The molecule has 0 fully saturated rings. The van der Waals surface area contributed by atoms with Crippen LogP contribution in [0.1, 0.15) is 17.0 Å². The normalized spacial score (nSPS) is 11.9. The van der Waals surface area contributed by atoms with Crippen molar-refractivity contribution in [3.05, 3.63) is 46.5 Å². The highest BCUT2D eigenvalue weighted by atomic mass is 35.5. The highest BCUT2D eigenvalue weighted by molar-refractivity contribution is 6.29. The quantitative estimate of drug-likeness (QED) is 0.231. The lowest BCUT2D eigenvalue weighted by molar-refractivity contribution is -0.0578. The second kappa shape index (κ2) is 11.5. The van der Waals surface area contributed by atoms with E-state index < -0.39 is 36.5 Å². The van der Waals surface area contributed by atoms with E-state index in [2.05, 4.69) is 31.1 Å². The molecular formula is C19H19ClF5N7O2. The Kier molecular flexibility index (Phi) is 9.06. The number of aryl methyl sites for hydroxylation is 1. The van der Waals surface area contributed by atoms with Gasteiger partial charge in [-0.2, -0.15) is 18.3 Å². The van der Waals surface area contributed by atoms with E-state index in [1.165, 1.54) is 32.2 Å². The first kappa shape index (κ1) is 26.7. The van der Waals surface area contributed by atoms with E-state index >= 15 is 0 Å². The molecule has 0 aliphatic rings. The maximum Gasteiger partial charge on any atom is 0.433 e. The predicted octanol–water partition coefficient (Wildman–Crippen LogP) is 3.94. The molecule has 0 spiro atoms. The van der Waals surface area contributed by atoms with Crippen molar-refractivity contribution in [2.75, 3.05) is 19.0 Å². The van der Waals surface area contributed by atoms with Crippen LogP contribution in [0, 0.1) is 12.3 Å². The van der Waals surface area contributed by atoms with Gasteiger partial charge in [0, 0.05) is 24.9 Å². The Bertz CT molecular complexity index is 1080. The molecule has 0 aliphatic heterocycles. The van der Waals surface area contributed by atoms with Crippen LogP contribution in [0.25, 0.3) is 5.57 Å². The van der Waals surface area contributed by atoms with Crippen molar-refractivity contribution in [1.29, 1.82) is 5.41 Å². The summed E-state index contributed by atoms with van der Waals surface area (Å²) in [5.41, 5.74) is -1.58. The fourth-order valence-electron chi connectivity index (χ4n) is 2.56. The molecule has 184 valence electrons. The number of hydrogen-bond acceptors (Lipinski definition) is 7. The summed E-state index contributed by atoms with van der Waals surface area (Å²) in [4.78, 5) is 15.9. The molecule has 2 heterocycles. The van der Waals surface area contributed by atoms with E-state index in [1.807, 2.05) is 0 Å². The van der Waals surface area contributed by atoms with Gasteiger partial charge in [-0.25, -0.2) is 18.6 Å². The molecule has 9 nitrogen and oxygen atoms in total. The van der Waals surface area contributed by atoms with Crippen molar-refractivity contribution in [2.24, 2.45) is 0 Å². The van der Waals surface area contributed by atoms with Gasteiger partial charge in [0.05, 0.1) is 23.6 Å². The number of rotatable bonds is 9. The molecule has 2 rings (SSSR count). The largest absolute Gasteiger partial charge is 0.471 e. The second-order valence-corrected chi connectivity index (χ2v) is 7.00. The summed E-state index contributed by atoms with van der Waals surface area (Å²) in [6, 6.07) is 3.15. The second-order valence-electron chi connectivity index (χ2n) is 6.61. The maximum atomic E-state index is 13.0. The van der Waals surface area contributed by atoms with Crippen molar-refractivity contribution in [2.45, 2.75) is 26.1 Å². The molecule has 4 N–H and O–H groups in total. The predicted molar refractivity (Wildman–Crippen MR) is 114 cm³/mol. The summed E-state index contributed by atoms with van der Waals surface area (Å²) in [7, 11) is 1.38. The standard InChI is InChI=1S/C19H19ClF5N7O2/c1-9-3-11(31-32-16(9)12(7-27-2)17(26)19(23,24)25)6-28-18(33)29-10-4-13(20)30-15(5-10)34-8-14(21)22/h3-5,7,14,26-27H,6,8H2,1-2H3,(H2,28,29,30,33)/b12-7-,26-17?. The number of allylic oxidation sites excluding steroid dienone is 1. The third-order valence-electron chi connectivity index (χ3n) is 3.95. The molecule has 0 radical (unpaired) electrons. The van der Waals surface area contributed by atoms with Crippen LogP contribution in [0.15, 0.2) is 24.4 Å². The Morgan fingerprint density at radius 2 is 1.97 bits per heavy atom. The van der Waals surface area contributed by atoms with Crippen LogP contribution < -0.4 is 20.7 Å². The van der Waals surface area contributed by atoms with Gasteiger partial charge in [-0.15, -0.1) is 5.10 Å². The number of carbonyl (C=O) groups excluding carboxylic acids is 1. The average Bonchev–Trinajstić information content (AvgIpc) is 2.73. The van der Waals surface area contributed by atoms with Gasteiger partial charge in [-0.1, -0.05) is 11.6 Å². The lowest BCUT2D eigenvalue weighted by Crippen LogP contribution is -2.29. The van der Waals surface area contributed by atoms with Crippen LogP contribution in [-0.2, 0) is 6.54 Å². The van der Waals surface area contributed by atoms with Gasteiger partial charge in [-0.3, -0.25) is 5.41 Å². The van der Waals surface area contributed by atoms with Crippen LogP contribution in [0.4, 0.5) is 32.4 Å². The first-order valence-electron chi connectivity index (χ1n) is 9.41. The van der Waals surface area contributed by atoms with E-state index in [0.717, 1.165) is 6.20 Å². The van der Waals surface area contributed by atoms with Crippen molar-refractivity contribution in [3.8, 4) is 5.88 Å². The smallest absolute Gasteiger partial charge is 0.433 e. The minimum atomic E-state index is -4.88. The lowest BCUT2D eigenvalue weighted by atomic mass is 10.0. The highest BCUT2D eigenvalue weighted by Gasteiger charge is 2.38. The zero-order valence-corrected chi connectivity index (χ0v) is 18.5. The monoisotopic (exact) mass is 507 g/mol. The molecular weight excluding hydrogens is 489 g/mol. The summed E-state index contributed by atoms with van der Waals surface area (Å²) >= 11 is 5.79. The Balaban J connectivity index is 2.06. The number of amides is 2. The molecule has 0 unspecified atom stereocenters. The minimum Gasteiger partial charge on any atom is -0.471 e. The average molecular weight is 508 g/mol. The van der Waals surface area contributed by atoms with Gasteiger partial charge in [0.15, 0.2) is 6.61 Å². The molecule has 2 amide bonds. The number of nitrogens with one attached hydrogen (secondary N) is 4. The van der Waals surface area contributed by atoms with E-state index in [1.54, 1.807) is 0 Å². The SMILES string of the molecule is CN/C=C(\C(=N)C(F)(F)F)c1nnc(CNC(=O)Nc2cc(Cl)nc(OCC(F)F)c2)cc1C. The number of anilines is 1. The van der Waals surface area contributed by atoms with Gasteiger partial charge in [0.25, 0.3) is 6.43 Å². The number of aromatic nitrogens is 3. The van der Waals surface area contributed by atoms with Gasteiger partial charge in [0.2, 0.25) is 5.88 Å². The minimum absolute atomic E-state index is 0.103. The van der Waals surface area contributed by atoms with Crippen molar-refractivity contribution in [3.63, 3.8) is 0 Å². The molecule has 0 saturated heterocycles. The summed E-state index contributed by atoms with van der Waals surface area (Å²) < 4.78 is 68.3. The Hall–Kier alpha value is -3.55. The van der Waals surface area contributed by atoms with Crippen molar-refractivity contribution >= 4 is 34.6 Å². The number of alkyl halides is 5. The molecule has 0 aromatic carbocycles. The fraction of sp³-hybridized carbons (Fsp3) is 0.316. The molecule has 0 bridgehead atoms. The number of halogens is 6. The maximum absolute atomic E-state index is 13.0. The topological polar surface area (TPSA) is 125 Å². The van der Waals surface area contributed by atoms with E-state index in [0.29, 0.717) is 5.56 Å². The zero-order valence-electron chi connectivity index (χ0n) is 17.7. The highest BCUT2D eigenvalue weighted by Crippen LogP contribution is 2.27. The fourth-order valence-corrected chi connectivity index (χ4v) is 2.76. The number of ether oxygens (including phenoxy) is 1. The Morgan fingerprint density at radius 1 is 1.26 bits per heavy atom. The first-order chi connectivity index (χ1) is 15.9. The molecule has 0 atom stereocenters. The van der Waals surface area contributed by atoms with Gasteiger partial charge < -0.3 is 20.7 Å². The number of urea groups is 1. The molecule has 2 aromatic heterocycles. The third-order valence-corrected chi connectivity index (χ3v) is 4.14. The van der Waals surface area contributed by atoms with Crippen LogP contribution >= 0.6 is 11.6 Å². The summed E-state index contributed by atoms with van der Waals surface area (Å²) in [6.45, 7) is 0.441. The van der Waals surface area contributed by atoms with Gasteiger partial charge >= 0.3 is 12.2 Å². The molecule has 15 heteroatoms. The Morgan fingerprint density at radius 3 is 2.56 bits per heavy atom. The van der Waals surface area contributed by atoms with Crippen molar-refractivity contribution in [1.82, 2.24) is 25.8 Å². The number of hydrogen-bond donors (Lipinski definition) is 4. The molecule has 2 aromatic rings. The summed E-state index contributed by atoms with van der Waals surface area (Å²) in [5, 5.41) is 22.2. The number of nitrogens with zero attached hydrogens (tertiary/aromatic N) is 3. The zero-order chi connectivity index (χ0) is 25.5. The van der Waals surface area contributed by atoms with Gasteiger partial charge in [-0.05, 0) is 24.6 Å². The Labute approximate surface area is 195 Å². The van der Waals surface area contributed by atoms with Crippen molar-refractivity contribution < 1.29 is 31.5 Å². The van der Waals surface area contributed by atoms with Crippen LogP contribution in [0.5, 0.6) is 5.88 Å².